The Hall–Kier alpha value is -1.10. The molecule has 0 aromatic rings. The molecule has 86 valence electrons. The molecule has 0 radical (unpaired) electrons. The second-order valence-electron chi connectivity index (χ2n) is 3.98. The minimum Gasteiger partial charge on any atom is -0.481 e. The van der Waals surface area contributed by atoms with Crippen molar-refractivity contribution in [1.29, 1.82) is 0 Å². The summed E-state index contributed by atoms with van der Waals surface area (Å²) in [4.78, 5) is 22.3. The van der Waals surface area contributed by atoms with Crippen molar-refractivity contribution in [1.82, 2.24) is 5.32 Å². The van der Waals surface area contributed by atoms with Crippen LogP contribution < -0.4 is 5.32 Å². The molecule has 0 aliphatic carbocycles. The number of hydrogen-bond acceptors (Lipinski definition) is 3. The second-order valence-corrected chi connectivity index (χ2v) is 3.98. The summed E-state index contributed by atoms with van der Waals surface area (Å²) in [5.74, 6) is -2.32. The Morgan fingerprint density at radius 2 is 2.07 bits per heavy atom. The first-order valence-corrected chi connectivity index (χ1v) is 5.13. The Morgan fingerprint density at radius 3 is 2.53 bits per heavy atom. The molecule has 0 aromatic heterocycles. The Balaban J connectivity index is 2.41. The predicted molar refractivity (Wildman–Crippen MR) is 53.3 cm³/mol. The maximum atomic E-state index is 11.6. The zero-order valence-electron chi connectivity index (χ0n) is 9.03. The highest BCUT2D eigenvalue weighted by atomic mass is 16.5. The van der Waals surface area contributed by atoms with Crippen LogP contribution in [0.4, 0.5) is 0 Å². The Morgan fingerprint density at radius 1 is 1.40 bits per heavy atom. The molecule has 0 bridgehead atoms. The lowest BCUT2D eigenvalue weighted by molar-refractivity contribution is -0.146. The van der Waals surface area contributed by atoms with Crippen LogP contribution in [0.15, 0.2) is 0 Å². The van der Waals surface area contributed by atoms with E-state index in [1.807, 2.05) is 0 Å². The summed E-state index contributed by atoms with van der Waals surface area (Å²) in [6, 6.07) is 0.0425. The van der Waals surface area contributed by atoms with E-state index in [1.54, 1.807) is 6.92 Å². The number of aliphatic carboxylic acids is 1. The zero-order valence-corrected chi connectivity index (χ0v) is 9.03. The van der Waals surface area contributed by atoms with Crippen LogP contribution in [-0.4, -0.2) is 36.2 Å². The Kier molecular flexibility index (Phi) is 4.08. The molecule has 0 saturated carbocycles. The van der Waals surface area contributed by atoms with E-state index in [2.05, 4.69) is 5.32 Å². The number of hydrogen-bond donors (Lipinski definition) is 2. The second kappa shape index (κ2) is 5.11. The van der Waals surface area contributed by atoms with Crippen LogP contribution in [0.25, 0.3) is 0 Å². The molecule has 3 unspecified atom stereocenters. The largest absolute Gasteiger partial charge is 0.481 e. The van der Waals surface area contributed by atoms with Gasteiger partial charge in [-0.25, -0.2) is 0 Å². The van der Waals surface area contributed by atoms with Gasteiger partial charge in [-0.05, 0) is 6.42 Å². The van der Waals surface area contributed by atoms with Crippen LogP contribution in [0, 0.1) is 11.8 Å². The van der Waals surface area contributed by atoms with Crippen molar-refractivity contribution in [2.24, 2.45) is 11.8 Å². The fourth-order valence-corrected chi connectivity index (χ4v) is 1.42. The predicted octanol–water partition coefficient (Wildman–Crippen LogP) is 0.248. The van der Waals surface area contributed by atoms with Crippen molar-refractivity contribution in [2.75, 3.05) is 13.2 Å². The summed E-state index contributed by atoms with van der Waals surface area (Å²) in [6.07, 6.45) is 0.805. The average molecular weight is 215 g/mol. The molecule has 5 heteroatoms. The highest BCUT2D eigenvalue weighted by Crippen LogP contribution is 2.12. The molecule has 1 amide bonds. The van der Waals surface area contributed by atoms with Crippen molar-refractivity contribution in [3.05, 3.63) is 0 Å². The summed E-state index contributed by atoms with van der Waals surface area (Å²) in [7, 11) is 0. The van der Waals surface area contributed by atoms with E-state index in [1.165, 1.54) is 6.92 Å². The zero-order chi connectivity index (χ0) is 11.4. The van der Waals surface area contributed by atoms with Crippen LogP contribution in [0.1, 0.15) is 20.3 Å². The molecule has 3 atom stereocenters. The molecule has 0 aromatic carbocycles. The summed E-state index contributed by atoms with van der Waals surface area (Å²) < 4.78 is 5.11. The summed E-state index contributed by atoms with van der Waals surface area (Å²) in [5.41, 5.74) is 0. The smallest absolute Gasteiger partial charge is 0.307 e. The summed E-state index contributed by atoms with van der Waals surface area (Å²) >= 11 is 0. The van der Waals surface area contributed by atoms with Gasteiger partial charge in [-0.1, -0.05) is 13.8 Å². The minimum absolute atomic E-state index is 0.0425. The van der Waals surface area contributed by atoms with Gasteiger partial charge in [-0.2, -0.15) is 0 Å². The normalized spacial score (nSPS) is 24.5. The number of nitrogens with one attached hydrogen (secondary N) is 1. The maximum absolute atomic E-state index is 11.6. The van der Waals surface area contributed by atoms with E-state index in [4.69, 9.17) is 9.84 Å². The fraction of sp³-hybridized carbons (Fsp3) is 0.800. The molecule has 1 aliphatic rings. The van der Waals surface area contributed by atoms with Crippen LogP contribution in [0.2, 0.25) is 0 Å². The first-order chi connectivity index (χ1) is 7.02. The number of carboxylic acid groups (broad SMARTS) is 1. The first kappa shape index (κ1) is 12.0. The van der Waals surface area contributed by atoms with Crippen LogP contribution in [0.3, 0.4) is 0 Å². The molecule has 1 heterocycles. The lowest BCUT2D eigenvalue weighted by atomic mass is 9.95. The van der Waals surface area contributed by atoms with Crippen molar-refractivity contribution in [3.8, 4) is 0 Å². The molecule has 1 rings (SSSR count). The molecular formula is C10H17NO4. The highest BCUT2D eigenvalue weighted by molar-refractivity contribution is 5.84. The van der Waals surface area contributed by atoms with E-state index in [9.17, 15) is 9.59 Å². The number of ether oxygens (including phenoxy) is 1. The monoisotopic (exact) mass is 215 g/mol. The van der Waals surface area contributed by atoms with Crippen molar-refractivity contribution in [3.63, 3.8) is 0 Å². The van der Waals surface area contributed by atoms with Gasteiger partial charge in [0.25, 0.3) is 0 Å². The molecule has 1 saturated heterocycles. The maximum Gasteiger partial charge on any atom is 0.307 e. The first-order valence-electron chi connectivity index (χ1n) is 5.13. The molecule has 15 heavy (non-hydrogen) atoms. The Bertz CT molecular complexity index is 248. The molecular weight excluding hydrogens is 198 g/mol. The van der Waals surface area contributed by atoms with Crippen LogP contribution in [0.5, 0.6) is 0 Å². The third kappa shape index (κ3) is 3.20. The van der Waals surface area contributed by atoms with E-state index in [-0.39, 0.29) is 11.9 Å². The summed E-state index contributed by atoms with van der Waals surface area (Å²) in [5, 5.41) is 11.5. The van der Waals surface area contributed by atoms with Gasteiger partial charge in [0.2, 0.25) is 5.91 Å². The van der Waals surface area contributed by atoms with Gasteiger partial charge in [0.1, 0.15) is 0 Å². The van der Waals surface area contributed by atoms with E-state index in [0.717, 1.165) is 6.42 Å². The SMILES string of the molecule is CC(C(=O)O)C(C)C(=O)NC1CCOC1. The van der Waals surface area contributed by atoms with Gasteiger partial charge in [0, 0.05) is 12.5 Å². The van der Waals surface area contributed by atoms with Gasteiger partial charge in [-0.3, -0.25) is 9.59 Å². The van der Waals surface area contributed by atoms with E-state index >= 15 is 0 Å². The van der Waals surface area contributed by atoms with Gasteiger partial charge in [0.15, 0.2) is 0 Å². The molecule has 2 N–H and O–H groups in total. The number of carbonyl (C=O) groups excluding carboxylic acids is 1. The van der Waals surface area contributed by atoms with Crippen molar-refractivity contribution >= 4 is 11.9 Å². The third-order valence-corrected chi connectivity index (χ3v) is 2.83. The molecule has 0 spiro atoms. The fourth-order valence-electron chi connectivity index (χ4n) is 1.42. The van der Waals surface area contributed by atoms with Crippen LogP contribution >= 0.6 is 0 Å². The average Bonchev–Trinajstić information content (AvgIpc) is 2.67. The topological polar surface area (TPSA) is 75.6 Å². The van der Waals surface area contributed by atoms with Gasteiger partial charge in [0.05, 0.1) is 18.6 Å². The summed E-state index contributed by atoms with van der Waals surface area (Å²) in [6.45, 7) is 4.36. The van der Waals surface area contributed by atoms with E-state index in [0.29, 0.717) is 13.2 Å². The number of amides is 1. The van der Waals surface area contributed by atoms with Crippen molar-refractivity contribution in [2.45, 2.75) is 26.3 Å². The molecule has 5 nitrogen and oxygen atoms in total. The minimum atomic E-state index is -0.944. The lowest BCUT2D eigenvalue weighted by Crippen LogP contribution is -2.41. The number of carbonyl (C=O) groups is 2. The van der Waals surface area contributed by atoms with E-state index < -0.39 is 17.8 Å². The lowest BCUT2D eigenvalue weighted by Gasteiger charge is -2.18. The van der Waals surface area contributed by atoms with Crippen molar-refractivity contribution < 1.29 is 19.4 Å². The highest BCUT2D eigenvalue weighted by Gasteiger charge is 2.28. The van der Waals surface area contributed by atoms with Gasteiger partial charge < -0.3 is 15.2 Å². The Labute approximate surface area is 88.8 Å². The number of rotatable bonds is 4. The third-order valence-electron chi connectivity index (χ3n) is 2.83. The molecule has 1 fully saturated rings. The van der Waals surface area contributed by atoms with Crippen LogP contribution in [-0.2, 0) is 14.3 Å². The van der Waals surface area contributed by atoms with Gasteiger partial charge in [-0.15, -0.1) is 0 Å². The van der Waals surface area contributed by atoms with Gasteiger partial charge >= 0.3 is 5.97 Å². The molecule has 1 aliphatic heterocycles. The standard InChI is InChI=1S/C10H17NO4/c1-6(7(2)10(13)14)9(12)11-8-3-4-15-5-8/h6-8H,3-5H2,1-2H3,(H,11,12)(H,13,14). The quantitative estimate of drug-likeness (QED) is 0.704. The number of carboxylic acids is 1.